The number of carbonyl (C=O) groups excluding carboxylic acids is 1. The molecule has 0 fully saturated rings. The summed E-state index contributed by atoms with van der Waals surface area (Å²) in [5.74, 6) is -0.394. The molecule has 0 saturated carbocycles. The first-order valence-electron chi connectivity index (χ1n) is 8.01. The Morgan fingerprint density at radius 2 is 1.77 bits per heavy atom. The summed E-state index contributed by atoms with van der Waals surface area (Å²) in [5, 5.41) is 1.95. The number of rotatable bonds is 5. The lowest BCUT2D eigenvalue weighted by Gasteiger charge is -2.13. The molecule has 0 aliphatic rings. The number of aryl methyl sites for hydroxylation is 1. The smallest absolute Gasteiger partial charge is 0.273 e. The summed E-state index contributed by atoms with van der Waals surface area (Å²) in [6.07, 6.45) is 0. The van der Waals surface area contributed by atoms with Crippen molar-refractivity contribution in [1.29, 1.82) is 0 Å². The van der Waals surface area contributed by atoms with Crippen LogP contribution < -0.4 is 9.46 Å². The molecule has 0 bridgehead atoms. The lowest BCUT2D eigenvalue weighted by Crippen LogP contribution is -2.33. The number of carbonyl (C=O) groups is 1. The molecule has 1 heterocycles. The predicted octanol–water partition coefficient (Wildman–Crippen LogP) is 3.83. The first-order valence-corrected chi connectivity index (χ1v) is 10.3. The Morgan fingerprint density at radius 3 is 2.42 bits per heavy atom. The number of fused-ring (bicyclic) bond motifs is 1. The van der Waals surface area contributed by atoms with Gasteiger partial charge in [0.25, 0.3) is 10.0 Å². The first kappa shape index (κ1) is 18.4. The molecule has 1 atom stereocenters. The fourth-order valence-electron chi connectivity index (χ4n) is 2.62. The monoisotopic (exact) mass is 389 g/mol. The first-order chi connectivity index (χ1) is 12.3. The van der Waals surface area contributed by atoms with E-state index in [1.54, 1.807) is 20.1 Å². The molecule has 7 heteroatoms. The van der Waals surface area contributed by atoms with E-state index in [1.807, 2.05) is 43.3 Å². The van der Waals surface area contributed by atoms with Gasteiger partial charge >= 0.3 is 0 Å². The van der Waals surface area contributed by atoms with Crippen LogP contribution in [0.3, 0.4) is 0 Å². The van der Waals surface area contributed by atoms with Crippen LogP contribution in [0.5, 0.6) is 5.75 Å². The van der Waals surface area contributed by atoms with Crippen molar-refractivity contribution in [2.75, 3.05) is 7.11 Å². The number of hydrogen-bond donors (Lipinski definition) is 1. The zero-order valence-electron chi connectivity index (χ0n) is 14.6. The maximum absolute atomic E-state index is 12.5. The highest BCUT2D eigenvalue weighted by molar-refractivity contribution is 7.92. The molecule has 0 spiro atoms. The van der Waals surface area contributed by atoms with Crippen LogP contribution in [0, 0.1) is 6.92 Å². The normalized spacial score (nSPS) is 12.7. The van der Waals surface area contributed by atoms with E-state index >= 15 is 0 Å². The molecule has 1 amide bonds. The molecule has 136 valence electrons. The predicted molar refractivity (Wildman–Crippen MR) is 103 cm³/mol. The average Bonchev–Trinajstić information content (AvgIpc) is 3.07. The highest BCUT2D eigenvalue weighted by atomic mass is 32.2. The Balaban J connectivity index is 1.83. The Kier molecular flexibility index (Phi) is 5.02. The van der Waals surface area contributed by atoms with Crippen molar-refractivity contribution in [2.45, 2.75) is 24.0 Å². The second kappa shape index (κ2) is 7.09. The van der Waals surface area contributed by atoms with Gasteiger partial charge in [-0.2, -0.15) is 0 Å². The van der Waals surface area contributed by atoms with Crippen molar-refractivity contribution in [2.24, 2.45) is 0 Å². The molecule has 0 radical (unpaired) electrons. The van der Waals surface area contributed by atoms with E-state index < -0.39 is 21.8 Å². The third-order valence-corrected chi connectivity index (χ3v) is 7.02. The van der Waals surface area contributed by atoms with Crippen LogP contribution in [-0.4, -0.2) is 21.4 Å². The third kappa shape index (κ3) is 3.73. The fourth-order valence-corrected chi connectivity index (χ4v) is 4.95. The number of benzene rings is 2. The summed E-state index contributed by atoms with van der Waals surface area (Å²) in [4.78, 5) is 13.3. The largest absolute Gasteiger partial charge is 0.497 e. The minimum atomic E-state index is -3.84. The number of amides is 1. The summed E-state index contributed by atoms with van der Waals surface area (Å²) >= 11 is 1.13. The van der Waals surface area contributed by atoms with E-state index in [-0.39, 0.29) is 4.21 Å². The molecular formula is C19H19NO4S2. The number of hydrogen-bond acceptors (Lipinski definition) is 5. The molecule has 3 aromatic rings. The fraction of sp³-hybridized carbons (Fsp3) is 0.211. The van der Waals surface area contributed by atoms with Gasteiger partial charge in [0.2, 0.25) is 5.91 Å². The van der Waals surface area contributed by atoms with Crippen LogP contribution in [0.1, 0.15) is 23.3 Å². The topological polar surface area (TPSA) is 72.5 Å². The Labute approximate surface area is 156 Å². The Bertz CT molecular complexity index is 1070. The van der Waals surface area contributed by atoms with Crippen molar-refractivity contribution in [3.8, 4) is 5.75 Å². The van der Waals surface area contributed by atoms with Crippen LogP contribution in [0.15, 0.2) is 52.7 Å². The molecule has 5 nitrogen and oxygen atoms in total. The van der Waals surface area contributed by atoms with Crippen molar-refractivity contribution >= 4 is 38.0 Å². The van der Waals surface area contributed by atoms with E-state index in [1.165, 1.54) is 6.07 Å². The molecule has 26 heavy (non-hydrogen) atoms. The standard InChI is InChI=1S/C19H19NO4S2/c1-12-4-9-18(25-12)26(22,23)20-19(21)13(2)14-5-6-16-11-17(24-3)8-7-15(16)10-14/h4-11,13H,1-3H3,(H,20,21). The highest BCUT2D eigenvalue weighted by Crippen LogP contribution is 2.26. The van der Waals surface area contributed by atoms with Gasteiger partial charge in [-0.15, -0.1) is 11.3 Å². The van der Waals surface area contributed by atoms with Crippen molar-refractivity contribution < 1.29 is 17.9 Å². The minimum absolute atomic E-state index is 0.140. The van der Waals surface area contributed by atoms with E-state index in [0.29, 0.717) is 0 Å². The zero-order valence-corrected chi connectivity index (χ0v) is 16.3. The number of ether oxygens (including phenoxy) is 1. The second-order valence-electron chi connectivity index (χ2n) is 6.03. The van der Waals surface area contributed by atoms with Gasteiger partial charge in [0.15, 0.2) is 0 Å². The number of nitrogens with one attached hydrogen (secondary N) is 1. The van der Waals surface area contributed by atoms with Gasteiger partial charge in [0.05, 0.1) is 13.0 Å². The summed E-state index contributed by atoms with van der Waals surface area (Å²) in [6.45, 7) is 3.51. The summed E-state index contributed by atoms with van der Waals surface area (Å²) in [5.41, 5.74) is 0.748. The average molecular weight is 389 g/mol. The van der Waals surface area contributed by atoms with Crippen LogP contribution in [0.4, 0.5) is 0 Å². The van der Waals surface area contributed by atoms with Gasteiger partial charge in [-0.3, -0.25) is 4.79 Å². The van der Waals surface area contributed by atoms with E-state index in [2.05, 4.69) is 4.72 Å². The highest BCUT2D eigenvalue weighted by Gasteiger charge is 2.24. The van der Waals surface area contributed by atoms with E-state index in [0.717, 1.165) is 38.3 Å². The van der Waals surface area contributed by atoms with Crippen LogP contribution in [0.2, 0.25) is 0 Å². The molecule has 2 aromatic carbocycles. The van der Waals surface area contributed by atoms with Gasteiger partial charge in [-0.05, 0) is 54.4 Å². The summed E-state index contributed by atoms with van der Waals surface area (Å²) in [7, 11) is -2.23. The maximum Gasteiger partial charge on any atom is 0.273 e. The quantitative estimate of drug-likeness (QED) is 0.720. The molecule has 0 saturated heterocycles. The van der Waals surface area contributed by atoms with E-state index in [9.17, 15) is 13.2 Å². The molecule has 0 aliphatic heterocycles. The van der Waals surface area contributed by atoms with Crippen LogP contribution in [0.25, 0.3) is 10.8 Å². The maximum atomic E-state index is 12.5. The molecular weight excluding hydrogens is 370 g/mol. The van der Waals surface area contributed by atoms with Gasteiger partial charge in [0.1, 0.15) is 9.96 Å². The molecule has 1 unspecified atom stereocenters. The minimum Gasteiger partial charge on any atom is -0.497 e. The van der Waals surface area contributed by atoms with Gasteiger partial charge in [-0.1, -0.05) is 24.3 Å². The van der Waals surface area contributed by atoms with Crippen LogP contribution >= 0.6 is 11.3 Å². The molecule has 0 aliphatic carbocycles. The lowest BCUT2D eigenvalue weighted by atomic mass is 9.97. The molecule has 1 N–H and O–H groups in total. The van der Waals surface area contributed by atoms with Crippen molar-refractivity contribution in [1.82, 2.24) is 4.72 Å². The van der Waals surface area contributed by atoms with Crippen molar-refractivity contribution in [3.05, 3.63) is 59.0 Å². The van der Waals surface area contributed by atoms with Gasteiger partial charge in [0, 0.05) is 4.88 Å². The van der Waals surface area contributed by atoms with Gasteiger partial charge in [-0.25, -0.2) is 13.1 Å². The van der Waals surface area contributed by atoms with E-state index in [4.69, 9.17) is 4.74 Å². The van der Waals surface area contributed by atoms with Gasteiger partial charge < -0.3 is 4.74 Å². The van der Waals surface area contributed by atoms with Crippen LogP contribution in [-0.2, 0) is 14.8 Å². The number of thiophene rings is 1. The lowest BCUT2D eigenvalue weighted by molar-refractivity contribution is -0.120. The Morgan fingerprint density at radius 1 is 1.08 bits per heavy atom. The van der Waals surface area contributed by atoms with Crippen molar-refractivity contribution in [3.63, 3.8) is 0 Å². The molecule has 1 aromatic heterocycles. The summed E-state index contributed by atoms with van der Waals surface area (Å²) in [6, 6.07) is 14.5. The SMILES string of the molecule is COc1ccc2cc(C(C)C(=O)NS(=O)(=O)c3ccc(C)s3)ccc2c1. The second-order valence-corrected chi connectivity index (χ2v) is 9.23. The number of methoxy groups -OCH3 is 1. The summed E-state index contributed by atoms with van der Waals surface area (Å²) < 4.78 is 32.2. The third-order valence-electron chi connectivity index (χ3n) is 4.18. The zero-order chi connectivity index (χ0) is 18.9. The Hall–Kier alpha value is -2.38. The number of sulfonamides is 1. The molecule has 3 rings (SSSR count).